The lowest BCUT2D eigenvalue weighted by Gasteiger charge is -2.38. The number of benzene rings is 2. The van der Waals surface area contributed by atoms with E-state index in [1.807, 2.05) is 47.9 Å². The van der Waals surface area contributed by atoms with Gasteiger partial charge in [-0.3, -0.25) is 4.79 Å². The molecule has 0 fully saturated rings. The van der Waals surface area contributed by atoms with Crippen LogP contribution >= 0.6 is 0 Å². The number of fused-ring (bicyclic) bond motifs is 1. The minimum atomic E-state index is -1.91. The Morgan fingerprint density at radius 1 is 1.13 bits per heavy atom. The van der Waals surface area contributed by atoms with Gasteiger partial charge in [0, 0.05) is 23.4 Å². The molecule has 2 N–H and O–H groups in total. The molecular formula is C30H40N4O4Si. The van der Waals surface area contributed by atoms with Gasteiger partial charge < -0.3 is 23.9 Å². The van der Waals surface area contributed by atoms with Crippen LogP contribution in [0.4, 0.5) is 0 Å². The maximum Gasteiger partial charge on any atom is 0.268 e. The van der Waals surface area contributed by atoms with E-state index in [0.717, 1.165) is 35.2 Å². The molecule has 1 amide bonds. The molecule has 0 saturated carbocycles. The van der Waals surface area contributed by atoms with E-state index >= 15 is 0 Å². The summed E-state index contributed by atoms with van der Waals surface area (Å²) in [7, 11) is -1.91. The van der Waals surface area contributed by atoms with Crippen LogP contribution in [0.3, 0.4) is 0 Å². The summed E-state index contributed by atoms with van der Waals surface area (Å²) in [6.07, 6.45) is 5.02. The van der Waals surface area contributed by atoms with Gasteiger partial charge >= 0.3 is 0 Å². The Balaban J connectivity index is 1.68. The Morgan fingerprint density at radius 3 is 2.46 bits per heavy atom. The van der Waals surface area contributed by atoms with Gasteiger partial charge in [-0.1, -0.05) is 32.9 Å². The Kier molecular flexibility index (Phi) is 8.32. The summed E-state index contributed by atoms with van der Waals surface area (Å²) in [5, 5.41) is 0.130. The number of nitrogens with zero attached hydrogens (tertiary/aromatic N) is 3. The zero-order valence-electron chi connectivity index (χ0n) is 24.0. The Hall–Kier alpha value is -3.43. The van der Waals surface area contributed by atoms with Crippen LogP contribution in [0.5, 0.6) is 5.75 Å². The molecule has 2 aromatic carbocycles. The van der Waals surface area contributed by atoms with Crippen LogP contribution in [-0.4, -0.2) is 41.5 Å². The molecular weight excluding hydrogens is 508 g/mol. The van der Waals surface area contributed by atoms with E-state index in [0.29, 0.717) is 18.1 Å². The lowest BCUT2D eigenvalue weighted by Crippen LogP contribution is -2.43. The Labute approximate surface area is 231 Å². The largest absolute Gasteiger partial charge is 0.494 e. The number of hydrogen-bond acceptors (Lipinski definition) is 6. The molecule has 0 radical (unpaired) electrons. The molecule has 0 saturated heterocycles. The van der Waals surface area contributed by atoms with Crippen LogP contribution in [0.15, 0.2) is 59.4 Å². The van der Waals surface area contributed by atoms with Gasteiger partial charge in [-0.05, 0) is 75.2 Å². The van der Waals surface area contributed by atoms with Crippen molar-refractivity contribution in [1.29, 1.82) is 0 Å². The van der Waals surface area contributed by atoms with E-state index in [2.05, 4.69) is 51.8 Å². The number of rotatable bonds is 11. The smallest absolute Gasteiger partial charge is 0.268 e. The molecule has 4 rings (SSSR count). The molecule has 2 atom stereocenters. The van der Waals surface area contributed by atoms with Crippen LogP contribution in [0.1, 0.15) is 69.6 Å². The molecule has 39 heavy (non-hydrogen) atoms. The van der Waals surface area contributed by atoms with Gasteiger partial charge in [-0.25, -0.2) is 9.97 Å². The van der Waals surface area contributed by atoms with Crippen molar-refractivity contribution in [3.05, 3.63) is 66.2 Å². The third kappa shape index (κ3) is 6.42. The SMILES string of the molecule is CCOc1ccc(-c2nc3c(C(CC[C@H](C)O[Si](C)(C)C(C)(C)C)n4cnc(C(N)=O)c4)cccc3o2)cc1. The van der Waals surface area contributed by atoms with Crippen LogP contribution < -0.4 is 10.5 Å². The number of imidazole rings is 1. The highest BCUT2D eigenvalue weighted by Gasteiger charge is 2.38. The molecule has 2 aromatic heterocycles. The van der Waals surface area contributed by atoms with E-state index in [1.165, 1.54) is 0 Å². The molecule has 0 bridgehead atoms. The molecule has 0 aliphatic heterocycles. The van der Waals surface area contributed by atoms with E-state index in [4.69, 9.17) is 24.3 Å². The van der Waals surface area contributed by atoms with Crippen molar-refractivity contribution in [2.24, 2.45) is 5.73 Å². The number of nitrogens with two attached hydrogens (primary N) is 1. The first kappa shape index (κ1) is 28.6. The Morgan fingerprint density at radius 2 is 1.85 bits per heavy atom. The first-order valence-electron chi connectivity index (χ1n) is 13.5. The number of amides is 1. The monoisotopic (exact) mass is 548 g/mol. The van der Waals surface area contributed by atoms with Gasteiger partial charge in [0.15, 0.2) is 13.9 Å². The summed E-state index contributed by atoms with van der Waals surface area (Å²) < 4.78 is 20.3. The zero-order valence-corrected chi connectivity index (χ0v) is 25.0. The van der Waals surface area contributed by atoms with Gasteiger partial charge in [-0.2, -0.15) is 0 Å². The molecule has 9 heteroatoms. The fourth-order valence-electron chi connectivity index (χ4n) is 4.45. The van der Waals surface area contributed by atoms with Gasteiger partial charge in [0.1, 0.15) is 17.0 Å². The number of para-hydroxylation sites is 1. The quantitative estimate of drug-likeness (QED) is 0.203. The maximum atomic E-state index is 11.8. The van der Waals surface area contributed by atoms with Crippen LogP contribution in [-0.2, 0) is 4.43 Å². The number of carbonyl (C=O) groups excluding carboxylic acids is 1. The van der Waals surface area contributed by atoms with Crippen molar-refractivity contribution in [3.63, 3.8) is 0 Å². The Bertz CT molecular complexity index is 1420. The predicted molar refractivity (Wildman–Crippen MR) is 156 cm³/mol. The van der Waals surface area contributed by atoms with Crippen molar-refractivity contribution in [3.8, 4) is 17.2 Å². The van der Waals surface area contributed by atoms with Gasteiger partial charge in [0.05, 0.1) is 19.0 Å². The zero-order chi connectivity index (χ0) is 28.4. The number of oxazole rings is 1. The molecule has 0 spiro atoms. The summed E-state index contributed by atoms with van der Waals surface area (Å²) in [5.74, 6) is 0.786. The van der Waals surface area contributed by atoms with Crippen LogP contribution in [0, 0.1) is 0 Å². The lowest BCUT2D eigenvalue weighted by molar-refractivity contribution is 0.0996. The van der Waals surface area contributed by atoms with Gasteiger partial charge in [-0.15, -0.1) is 0 Å². The molecule has 0 aliphatic carbocycles. The van der Waals surface area contributed by atoms with Crippen molar-refractivity contribution < 1.29 is 18.4 Å². The third-order valence-electron chi connectivity index (χ3n) is 7.58. The normalized spacial score (nSPS) is 13.9. The average Bonchev–Trinajstić information content (AvgIpc) is 3.52. The third-order valence-corrected chi connectivity index (χ3v) is 12.2. The molecule has 1 unspecified atom stereocenters. The number of carbonyl (C=O) groups is 1. The molecule has 208 valence electrons. The number of primary amides is 1. The second-order valence-corrected chi connectivity index (χ2v) is 16.3. The predicted octanol–water partition coefficient (Wildman–Crippen LogP) is 6.97. The van der Waals surface area contributed by atoms with E-state index in [-0.39, 0.29) is 22.9 Å². The summed E-state index contributed by atoms with van der Waals surface area (Å²) in [6.45, 7) is 16.0. The van der Waals surface area contributed by atoms with Gasteiger partial charge in [0.25, 0.3) is 5.91 Å². The minimum Gasteiger partial charge on any atom is -0.494 e. The number of hydrogen-bond donors (Lipinski definition) is 1. The van der Waals surface area contributed by atoms with Crippen molar-refractivity contribution in [1.82, 2.24) is 14.5 Å². The fraction of sp³-hybridized carbons (Fsp3) is 0.433. The molecule has 2 heterocycles. The molecule has 0 aliphatic rings. The van der Waals surface area contributed by atoms with Crippen molar-refractivity contribution in [2.75, 3.05) is 6.61 Å². The molecule has 4 aromatic rings. The fourth-order valence-corrected chi connectivity index (χ4v) is 5.93. The first-order valence-corrected chi connectivity index (χ1v) is 16.4. The van der Waals surface area contributed by atoms with Crippen molar-refractivity contribution >= 4 is 25.3 Å². The summed E-state index contributed by atoms with van der Waals surface area (Å²) in [4.78, 5) is 21.0. The maximum absolute atomic E-state index is 11.8. The van der Waals surface area contributed by atoms with Crippen molar-refractivity contribution in [2.45, 2.75) is 77.7 Å². The highest BCUT2D eigenvalue weighted by atomic mass is 28.4. The second kappa shape index (κ2) is 11.4. The number of ether oxygens (including phenoxy) is 1. The second-order valence-electron chi connectivity index (χ2n) is 11.5. The van der Waals surface area contributed by atoms with Gasteiger partial charge in [0.2, 0.25) is 5.89 Å². The topological polar surface area (TPSA) is 105 Å². The minimum absolute atomic E-state index is 0.0726. The lowest BCUT2D eigenvalue weighted by atomic mass is 9.99. The molecule has 8 nitrogen and oxygen atoms in total. The average molecular weight is 549 g/mol. The summed E-state index contributed by atoms with van der Waals surface area (Å²) in [6, 6.07) is 13.5. The van der Waals surface area contributed by atoms with Crippen LogP contribution in [0.2, 0.25) is 18.1 Å². The number of aromatic nitrogens is 3. The standard InChI is InChI=1S/C30H40N4O4Si/c1-8-36-22-15-13-21(14-16-22)29-33-27-23(10-9-11-26(27)37-29)25(34-18-24(28(31)35)32-19-34)17-12-20(2)38-39(6,7)30(3,4)5/h9-11,13-16,18-20,25H,8,12,17H2,1-7H3,(H2,31,35)/t20-,25?/m0/s1. The van der Waals surface area contributed by atoms with E-state index in [9.17, 15) is 4.79 Å². The highest BCUT2D eigenvalue weighted by molar-refractivity contribution is 6.74. The summed E-state index contributed by atoms with van der Waals surface area (Å²) >= 11 is 0. The van der Waals surface area contributed by atoms with E-state index < -0.39 is 14.2 Å². The highest BCUT2D eigenvalue weighted by Crippen LogP contribution is 2.39. The van der Waals surface area contributed by atoms with E-state index in [1.54, 1.807) is 12.5 Å². The van der Waals surface area contributed by atoms with Crippen LogP contribution in [0.25, 0.3) is 22.6 Å². The summed E-state index contributed by atoms with van der Waals surface area (Å²) in [5.41, 5.74) is 9.08. The first-order chi connectivity index (χ1) is 18.4.